The Morgan fingerprint density at radius 2 is 2.00 bits per heavy atom. The minimum Gasteiger partial charge on any atom is -0.368 e. The van der Waals surface area contributed by atoms with Crippen molar-refractivity contribution < 1.29 is 0 Å². The molecule has 1 aliphatic rings. The Morgan fingerprint density at radius 3 is 2.65 bits per heavy atom. The summed E-state index contributed by atoms with van der Waals surface area (Å²) in [7, 11) is 0. The highest BCUT2D eigenvalue weighted by atomic mass is 15.2. The van der Waals surface area contributed by atoms with E-state index >= 15 is 0 Å². The molecule has 1 fully saturated rings. The maximum Gasteiger partial charge on any atom is 0.0881 e. The number of H-pyrrole nitrogens is 1. The molecular weight excluding hydrogens is 214 g/mol. The summed E-state index contributed by atoms with van der Waals surface area (Å²) >= 11 is 0. The number of pyridine rings is 1. The zero-order valence-electron chi connectivity index (χ0n) is 9.56. The number of nitrogens with one attached hydrogen (secondary N) is 2. The fraction of sp³-hybridized carbons (Fsp3) is 0.333. The Morgan fingerprint density at radius 1 is 1.12 bits per heavy atom. The normalized spacial score (nSPS) is 16.1. The minimum absolute atomic E-state index is 0.932. The summed E-state index contributed by atoms with van der Waals surface area (Å²) in [6.07, 6.45) is 3.67. The van der Waals surface area contributed by atoms with Crippen LogP contribution in [0.4, 0.5) is 5.69 Å². The van der Waals surface area contributed by atoms with Crippen LogP contribution in [0.15, 0.2) is 30.6 Å². The maximum absolute atomic E-state index is 4.46. The fourth-order valence-corrected chi connectivity index (χ4v) is 2.05. The zero-order chi connectivity index (χ0) is 11.5. The molecule has 0 atom stereocenters. The molecule has 3 rings (SSSR count). The van der Waals surface area contributed by atoms with Gasteiger partial charge in [-0.25, -0.2) is 0 Å². The summed E-state index contributed by atoms with van der Waals surface area (Å²) in [5.41, 5.74) is 3.08. The predicted octanol–water partition coefficient (Wildman–Crippen LogP) is 0.881. The van der Waals surface area contributed by atoms with Crippen LogP contribution in [-0.4, -0.2) is 41.4 Å². The zero-order valence-corrected chi connectivity index (χ0v) is 9.56. The van der Waals surface area contributed by atoms with Gasteiger partial charge in [0.1, 0.15) is 0 Å². The lowest BCUT2D eigenvalue weighted by Gasteiger charge is -2.29. The molecule has 2 N–H and O–H groups in total. The first-order valence-corrected chi connectivity index (χ1v) is 5.85. The first kappa shape index (κ1) is 10.3. The second-order valence-corrected chi connectivity index (χ2v) is 4.11. The van der Waals surface area contributed by atoms with Gasteiger partial charge in [-0.2, -0.15) is 5.10 Å². The van der Waals surface area contributed by atoms with Gasteiger partial charge in [0, 0.05) is 32.4 Å². The average Bonchev–Trinajstić information content (AvgIpc) is 2.94. The molecule has 0 aliphatic carbocycles. The van der Waals surface area contributed by atoms with Gasteiger partial charge in [-0.05, 0) is 18.2 Å². The number of hydrogen-bond acceptors (Lipinski definition) is 4. The minimum atomic E-state index is 0.932. The van der Waals surface area contributed by atoms with Gasteiger partial charge in [0.15, 0.2) is 0 Å². The average molecular weight is 229 g/mol. The molecule has 2 aromatic heterocycles. The lowest BCUT2D eigenvalue weighted by molar-refractivity contribution is 0.589. The van der Waals surface area contributed by atoms with Crippen LogP contribution >= 0.6 is 0 Å². The third-order valence-electron chi connectivity index (χ3n) is 3.01. The first-order chi connectivity index (χ1) is 8.43. The van der Waals surface area contributed by atoms with Gasteiger partial charge < -0.3 is 10.2 Å². The topological polar surface area (TPSA) is 56.8 Å². The molecule has 3 heterocycles. The van der Waals surface area contributed by atoms with E-state index in [1.54, 1.807) is 6.20 Å². The molecule has 0 amide bonds. The summed E-state index contributed by atoms with van der Waals surface area (Å²) in [6, 6.07) is 6.08. The van der Waals surface area contributed by atoms with Crippen molar-refractivity contribution in [3.8, 4) is 11.4 Å². The van der Waals surface area contributed by atoms with Crippen LogP contribution in [0.25, 0.3) is 11.4 Å². The van der Waals surface area contributed by atoms with Gasteiger partial charge in [-0.3, -0.25) is 10.1 Å². The van der Waals surface area contributed by atoms with E-state index in [0.29, 0.717) is 0 Å². The maximum atomic E-state index is 4.46. The summed E-state index contributed by atoms with van der Waals surface area (Å²) in [6.45, 7) is 4.18. The molecule has 17 heavy (non-hydrogen) atoms. The van der Waals surface area contributed by atoms with Gasteiger partial charge in [-0.1, -0.05) is 0 Å². The number of rotatable bonds is 2. The molecule has 2 aromatic rings. The van der Waals surface area contributed by atoms with Crippen LogP contribution in [0, 0.1) is 0 Å². The second kappa shape index (κ2) is 4.55. The lowest BCUT2D eigenvalue weighted by atomic mass is 10.2. The van der Waals surface area contributed by atoms with Crippen molar-refractivity contribution >= 4 is 5.69 Å². The van der Waals surface area contributed by atoms with E-state index in [1.807, 2.05) is 18.3 Å². The van der Waals surface area contributed by atoms with Crippen molar-refractivity contribution in [1.82, 2.24) is 20.5 Å². The Kier molecular flexibility index (Phi) is 2.75. The number of aromatic amines is 1. The molecule has 0 spiro atoms. The van der Waals surface area contributed by atoms with Crippen LogP contribution in [0.1, 0.15) is 0 Å². The third kappa shape index (κ3) is 2.14. The van der Waals surface area contributed by atoms with E-state index in [-0.39, 0.29) is 0 Å². The van der Waals surface area contributed by atoms with E-state index in [4.69, 9.17) is 0 Å². The third-order valence-corrected chi connectivity index (χ3v) is 3.01. The van der Waals surface area contributed by atoms with E-state index < -0.39 is 0 Å². The van der Waals surface area contributed by atoms with Crippen LogP contribution in [0.5, 0.6) is 0 Å². The summed E-state index contributed by atoms with van der Waals surface area (Å²) < 4.78 is 0. The summed E-state index contributed by atoms with van der Waals surface area (Å²) in [5, 5.41) is 10.2. The Labute approximate surface area is 99.9 Å². The van der Waals surface area contributed by atoms with Crippen molar-refractivity contribution in [2.24, 2.45) is 0 Å². The molecule has 0 aromatic carbocycles. The van der Waals surface area contributed by atoms with Gasteiger partial charge in [0.25, 0.3) is 0 Å². The Bertz CT molecular complexity index is 456. The van der Waals surface area contributed by atoms with Crippen molar-refractivity contribution in [3.63, 3.8) is 0 Å². The number of piperazine rings is 1. The van der Waals surface area contributed by atoms with E-state index in [2.05, 4.69) is 31.5 Å². The number of hydrogen-bond donors (Lipinski definition) is 2. The van der Waals surface area contributed by atoms with E-state index in [0.717, 1.165) is 37.6 Å². The van der Waals surface area contributed by atoms with Crippen molar-refractivity contribution in [1.29, 1.82) is 0 Å². The number of aromatic nitrogens is 3. The molecule has 88 valence electrons. The first-order valence-electron chi connectivity index (χ1n) is 5.85. The summed E-state index contributed by atoms with van der Waals surface area (Å²) in [5.74, 6) is 0. The molecule has 0 unspecified atom stereocenters. The van der Waals surface area contributed by atoms with Gasteiger partial charge in [0.2, 0.25) is 0 Å². The molecule has 5 heteroatoms. The molecule has 1 saturated heterocycles. The second-order valence-electron chi connectivity index (χ2n) is 4.11. The molecule has 1 aliphatic heterocycles. The smallest absolute Gasteiger partial charge is 0.0881 e. The van der Waals surface area contributed by atoms with E-state index in [9.17, 15) is 0 Å². The van der Waals surface area contributed by atoms with E-state index in [1.165, 1.54) is 5.69 Å². The Balaban J connectivity index is 1.80. The summed E-state index contributed by atoms with van der Waals surface area (Å²) in [4.78, 5) is 6.81. The highest BCUT2D eigenvalue weighted by molar-refractivity contribution is 5.57. The standard InChI is InChI=1S/C12H15N5/c1-2-11(12-3-4-15-16-12)14-9-10(1)17-7-5-13-6-8-17/h1-4,9,13H,5-8H2,(H,15,16). The molecular formula is C12H15N5. The van der Waals surface area contributed by atoms with Gasteiger partial charge in [0.05, 0.1) is 23.3 Å². The van der Waals surface area contributed by atoms with Crippen LogP contribution in [0.3, 0.4) is 0 Å². The molecule has 0 bridgehead atoms. The van der Waals surface area contributed by atoms with Gasteiger partial charge in [-0.15, -0.1) is 0 Å². The van der Waals surface area contributed by atoms with Crippen LogP contribution < -0.4 is 10.2 Å². The van der Waals surface area contributed by atoms with Gasteiger partial charge >= 0.3 is 0 Å². The number of nitrogens with zero attached hydrogens (tertiary/aromatic N) is 3. The van der Waals surface area contributed by atoms with Crippen molar-refractivity contribution in [2.45, 2.75) is 0 Å². The fourth-order valence-electron chi connectivity index (χ4n) is 2.05. The largest absolute Gasteiger partial charge is 0.368 e. The SMILES string of the molecule is c1cc(-c2ccc(N3CCNCC3)cn2)[nH]n1. The molecule has 0 saturated carbocycles. The van der Waals surface area contributed by atoms with Crippen molar-refractivity contribution in [3.05, 3.63) is 30.6 Å². The Hall–Kier alpha value is -1.88. The van der Waals surface area contributed by atoms with Crippen LogP contribution in [0.2, 0.25) is 0 Å². The highest BCUT2D eigenvalue weighted by Gasteiger charge is 2.10. The van der Waals surface area contributed by atoms with Crippen molar-refractivity contribution in [2.75, 3.05) is 31.1 Å². The predicted molar refractivity (Wildman–Crippen MR) is 66.9 cm³/mol. The lowest BCUT2D eigenvalue weighted by Crippen LogP contribution is -2.43. The quantitative estimate of drug-likeness (QED) is 0.802. The highest BCUT2D eigenvalue weighted by Crippen LogP contribution is 2.18. The molecule has 0 radical (unpaired) electrons. The monoisotopic (exact) mass is 229 g/mol. The molecule has 5 nitrogen and oxygen atoms in total. The van der Waals surface area contributed by atoms with Crippen LogP contribution in [-0.2, 0) is 0 Å². The number of anilines is 1.